The van der Waals surface area contributed by atoms with Gasteiger partial charge in [-0.15, -0.1) is 0 Å². The average Bonchev–Trinajstić information content (AvgIpc) is 2.83. The Morgan fingerprint density at radius 3 is 2.95 bits per heavy atom. The van der Waals surface area contributed by atoms with Crippen LogP contribution in [0.25, 0.3) is 0 Å². The van der Waals surface area contributed by atoms with E-state index in [2.05, 4.69) is 10.3 Å². The summed E-state index contributed by atoms with van der Waals surface area (Å²) in [7, 11) is 0. The number of ether oxygens (including phenoxy) is 1. The number of anilines is 2. The number of carbonyl (C=O) groups is 1. The highest BCUT2D eigenvalue weighted by Crippen LogP contribution is 2.20. The number of hydrogen-bond acceptors (Lipinski definition) is 6. The zero-order valence-electron chi connectivity index (χ0n) is 10.9. The number of thiazole rings is 1. The van der Waals surface area contributed by atoms with E-state index in [1.807, 2.05) is 0 Å². The van der Waals surface area contributed by atoms with Crippen molar-refractivity contribution in [1.82, 2.24) is 4.98 Å². The van der Waals surface area contributed by atoms with Gasteiger partial charge in [0.15, 0.2) is 0 Å². The van der Waals surface area contributed by atoms with Gasteiger partial charge in [0.1, 0.15) is 0 Å². The van der Waals surface area contributed by atoms with Crippen molar-refractivity contribution in [2.75, 3.05) is 17.7 Å². The van der Waals surface area contributed by atoms with Gasteiger partial charge in [-0.2, -0.15) is 0 Å². The van der Waals surface area contributed by atoms with Crippen molar-refractivity contribution in [1.29, 1.82) is 0 Å². The van der Waals surface area contributed by atoms with Gasteiger partial charge in [0.05, 0.1) is 18.7 Å². The summed E-state index contributed by atoms with van der Waals surface area (Å²) in [4.78, 5) is 25.5. The van der Waals surface area contributed by atoms with Crippen LogP contribution in [0.4, 0.5) is 11.4 Å². The number of hydrogen-bond donors (Lipinski definition) is 3. The first-order valence-electron chi connectivity index (χ1n) is 6.07. The van der Waals surface area contributed by atoms with Gasteiger partial charge < -0.3 is 20.8 Å². The Morgan fingerprint density at radius 1 is 1.50 bits per heavy atom. The van der Waals surface area contributed by atoms with E-state index in [4.69, 9.17) is 10.5 Å². The maximum absolute atomic E-state index is 11.9. The molecule has 0 unspecified atom stereocenters. The smallest absolute Gasteiger partial charge is 0.340 e. The third-order valence-electron chi connectivity index (χ3n) is 2.58. The Balaban J connectivity index is 2.18. The van der Waals surface area contributed by atoms with Gasteiger partial charge >= 0.3 is 10.8 Å². The van der Waals surface area contributed by atoms with E-state index in [1.54, 1.807) is 30.5 Å². The highest BCUT2D eigenvalue weighted by molar-refractivity contribution is 7.07. The van der Waals surface area contributed by atoms with Crippen LogP contribution in [0.3, 0.4) is 0 Å². The van der Waals surface area contributed by atoms with Gasteiger partial charge in [-0.3, -0.25) is 4.79 Å². The molecule has 20 heavy (non-hydrogen) atoms. The van der Waals surface area contributed by atoms with E-state index >= 15 is 0 Å². The summed E-state index contributed by atoms with van der Waals surface area (Å²) >= 11 is 1.10. The molecule has 0 aliphatic heterocycles. The van der Waals surface area contributed by atoms with E-state index in [1.165, 1.54) is 0 Å². The minimum atomic E-state index is -0.430. The van der Waals surface area contributed by atoms with Crippen molar-refractivity contribution in [2.24, 2.45) is 0 Å². The minimum absolute atomic E-state index is 0.107. The van der Waals surface area contributed by atoms with Gasteiger partial charge in [0.25, 0.3) is 0 Å². The maximum Gasteiger partial charge on any atom is 0.340 e. The summed E-state index contributed by atoms with van der Waals surface area (Å²) in [5.41, 5.74) is 7.93. The molecule has 0 aliphatic rings. The van der Waals surface area contributed by atoms with Gasteiger partial charge in [-0.1, -0.05) is 11.3 Å². The second-order valence-electron chi connectivity index (χ2n) is 4.05. The van der Waals surface area contributed by atoms with Crippen molar-refractivity contribution < 1.29 is 9.53 Å². The number of aromatic nitrogens is 1. The molecule has 1 heterocycles. The molecule has 2 aromatic rings. The molecular weight excluding hydrogens is 278 g/mol. The number of nitrogens with one attached hydrogen (secondary N) is 2. The molecule has 2 rings (SSSR count). The van der Waals surface area contributed by atoms with Gasteiger partial charge in [0.2, 0.25) is 0 Å². The van der Waals surface area contributed by atoms with Crippen molar-refractivity contribution in [3.8, 4) is 0 Å². The standard InChI is InChI=1S/C13H15N3O3S/c1-2-19-12(17)10-5-8(14)3-4-11(10)15-6-9-7-20-13(18)16-9/h3-5,7,15H,2,6,14H2,1H3,(H,16,18). The molecule has 4 N–H and O–H groups in total. The number of H-pyrrole nitrogens is 1. The third kappa shape index (κ3) is 3.39. The third-order valence-corrected chi connectivity index (χ3v) is 3.30. The van der Waals surface area contributed by atoms with Crippen molar-refractivity contribution in [3.63, 3.8) is 0 Å². The number of nitrogens with two attached hydrogens (primary N) is 1. The van der Waals surface area contributed by atoms with Gasteiger partial charge in [-0.05, 0) is 25.1 Å². The van der Waals surface area contributed by atoms with Crippen molar-refractivity contribution in [3.05, 3.63) is 44.5 Å². The van der Waals surface area contributed by atoms with E-state index in [0.717, 1.165) is 17.0 Å². The van der Waals surface area contributed by atoms with Gasteiger partial charge in [0, 0.05) is 22.4 Å². The normalized spacial score (nSPS) is 10.2. The molecule has 0 amide bonds. The van der Waals surface area contributed by atoms with Crippen LogP contribution in [0.5, 0.6) is 0 Å². The first-order valence-corrected chi connectivity index (χ1v) is 6.95. The number of carbonyl (C=O) groups excluding carboxylic acids is 1. The lowest BCUT2D eigenvalue weighted by Crippen LogP contribution is -2.11. The summed E-state index contributed by atoms with van der Waals surface area (Å²) in [6.07, 6.45) is 0. The summed E-state index contributed by atoms with van der Waals surface area (Å²) in [5, 5.41) is 4.82. The van der Waals surface area contributed by atoms with Crippen LogP contribution in [0.1, 0.15) is 23.0 Å². The van der Waals surface area contributed by atoms with E-state index in [-0.39, 0.29) is 4.87 Å². The van der Waals surface area contributed by atoms with Gasteiger partial charge in [-0.25, -0.2) is 4.79 Å². The van der Waals surface area contributed by atoms with Crippen LogP contribution in [0.15, 0.2) is 28.4 Å². The second-order valence-corrected chi connectivity index (χ2v) is 4.89. The Morgan fingerprint density at radius 2 is 2.30 bits per heavy atom. The molecule has 0 aliphatic carbocycles. The minimum Gasteiger partial charge on any atom is -0.462 e. The highest BCUT2D eigenvalue weighted by atomic mass is 32.1. The molecule has 0 saturated carbocycles. The predicted octanol–water partition coefficient (Wildman–Crippen LogP) is 1.81. The molecule has 6 nitrogen and oxygen atoms in total. The molecule has 7 heteroatoms. The molecule has 106 valence electrons. The monoisotopic (exact) mass is 293 g/mol. The Hall–Kier alpha value is -2.28. The molecule has 0 fully saturated rings. The average molecular weight is 293 g/mol. The van der Waals surface area contributed by atoms with Crippen LogP contribution in [-0.2, 0) is 11.3 Å². The largest absolute Gasteiger partial charge is 0.462 e. The fourth-order valence-corrected chi connectivity index (χ4v) is 2.27. The molecule has 0 bridgehead atoms. The lowest BCUT2D eigenvalue weighted by molar-refractivity contribution is 0.0527. The zero-order valence-corrected chi connectivity index (χ0v) is 11.8. The molecule has 1 aromatic heterocycles. The first kappa shape index (κ1) is 14.1. The fourth-order valence-electron chi connectivity index (χ4n) is 1.68. The van der Waals surface area contributed by atoms with Crippen molar-refractivity contribution in [2.45, 2.75) is 13.5 Å². The number of esters is 1. The topological polar surface area (TPSA) is 97.2 Å². The second kappa shape index (κ2) is 6.25. The Labute approximate surface area is 119 Å². The number of nitrogen functional groups attached to an aromatic ring is 1. The zero-order chi connectivity index (χ0) is 14.5. The summed E-state index contributed by atoms with van der Waals surface area (Å²) in [5.74, 6) is -0.430. The van der Waals surface area contributed by atoms with Crippen LogP contribution in [0.2, 0.25) is 0 Å². The van der Waals surface area contributed by atoms with E-state index in [0.29, 0.717) is 30.1 Å². The Kier molecular flexibility index (Phi) is 4.41. The number of aromatic amines is 1. The summed E-state index contributed by atoms with van der Waals surface area (Å²) < 4.78 is 4.99. The molecule has 1 aromatic carbocycles. The predicted molar refractivity (Wildman–Crippen MR) is 79.1 cm³/mol. The maximum atomic E-state index is 11.9. The van der Waals surface area contributed by atoms with E-state index in [9.17, 15) is 9.59 Å². The molecule has 0 spiro atoms. The van der Waals surface area contributed by atoms with Crippen LogP contribution >= 0.6 is 11.3 Å². The van der Waals surface area contributed by atoms with Crippen LogP contribution in [0, 0.1) is 0 Å². The van der Waals surface area contributed by atoms with Crippen LogP contribution < -0.4 is 15.9 Å². The molecule has 0 radical (unpaired) electrons. The quantitative estimate of drug-likeness (QED) is 0.577. The molecular formula is C13H15N3O3S. The molecule has 0 atom stereocenters. The highest BCUT2D eigenvalue weighted by Gasteiger charge is 2.13. The first-order chi connectivity index (χ1) is 9.60. The molecule has 0 saturated heterocycles. The lowest BCUT2D eigenvalue weighted by atomic mass is 10.1. The fraction of sp³-hybridized carbons (Fsp3) is 0.231. The number of benzene rings is 1. The summed E-state index contributed by atoms with van der Waals surface area (Å²) in [6, 6.07) is 4.98. The Bertz CT molecular complexity index is 663. The van der Waals surface area contributed by atoms with E-state index < -0.39 is 5.97 Å². The SMILES string of the molecule is CCOC(=O)c1cc(N)ccc1NCc1csc(=O)[nH]1. The van der Waals surface area contributed by atoms with Crippen molar-refractivity contribution >= 4 is 28.7 Å². The number of rotatable bonds is 5. The lowest BCUT2D eigenvalue weighted by Gasteiger charge is -2.11. The van der Waals surface area contributed by atoms with Crippen LogP contribution in [-0.4, -0.2) is 17.6 Å². The summed E-state index contributed by atoms with van der Waals surface area (Å²) in [6.45, 7) is 2.45.